The molecule has 5 nitrogen and oxygen atoms in total. The Morgan fingerprint density at radius 3 is 2.54 bits per heavy atom. The van der Waals surface area contributed by atoms with Crippen molar-refractivity contribution < 1.29 is 0 Å². The average molecular weight is 378 g/mol. The Kier molecular flexibility index (Phi) is 8.18. The summed E-state index contributed by atoms with van der Waals surface area (Å²) in [4.78, 5) is 0. The van der Waals surface area contributed by atoms with Gasteiger partial charge in [-0.15, -0.1) is 0 Å². The number of anilines is 2. The smallest absolute Gasteiger partial charge is 0.0434 e. The molecule has 148 valence electrons. The quantitative estimate of drug-likeness (QED) is 0.322. The molecule has 0 heterocycles. The Morgan fingerprint density at radius 2 is 1.86 bits per heavy atom. The van der Waals surface area contributed by atoms with Crippen molar-refractivity contribution in [3.05, 3.63) is 90.3 Å². The molecule has 0 radical (unpaired) electrons. The van der Waals surface area contributed by atoms with Crippen LogP contribution in [0.5, 0.6) is 0 Å². The van der Waals surface area contributed by atoms with E-state index in [2.05, 4.69) is 24.1 Å². The number of allylic oxidation sites excluding steroid dienone is 1. The molecule has 0 bridgehead atoms. The first-order valence-corrected chi connectivity index (χ1v) is 9.52. The van der Waals surface area contributed by atoms with Gasteiger partial charge in [-0.25, -0.2) is 0 Å². The molecule has 0 saturated carbocycles. The van der Waals surface area contributed by atoms with E-state index in [0.717, 1.165) is 46.9 Å². The maximum atomic E-state index is 6.32. The van der Waals surface area contributed by atoms with Gasteiger partial charge in [0, 0.05) is 40.9 Å². The molecule has 5 heteroatoms. The van der Waals surface area contributed by atoms with Crippen molar-refractivity contribution in [3.8, 4) is 0 Å². The Balaban J connectivity index is 2.12. The third kappa shape index (κ3) is 6.52. The summed E-state index contributed by atoms with van der Waals surface area (Å²) in [5, 5.41) is 6.77. The first kappa shape index (κ1) is 21.1. The van der Waals surface area contributed by atoms with Gasteiger partial charge in [0.15, 0.2) is 0 Å². The zero-order chi connectivity index (χ0) is 20.4. The summed E-state index contributed by atoms with van der Waals surface area (Å²) in [6.07, 6.45) is 6.98. The van der Waals surface area contributed by atoms with Gasteiger partial charge < -0.3 is 27.8 Å². The summed E-state index contributed by atoms with van der Waals surface area (Å²) in [6.45, 7) is 7.24. The van der Waals surface area contributed by atoms with Crippen LogP contribution in [-0.2, 0) is 6.42 Å². The first-order valence-electron chi connectivity index (χ1n) is 9.52. The number of benzene rings is 2. The lowest BCUT2D eigenvalue weighted by atomic mass is 10.0. The minimum atomic E-state index is -0.177. The normalized spacial score (nSPS) is 12.7. The van der Waals surface area contributed by atoms with Crippen LogP contribution in [0.15, 0.2) is 79.2 Å². The second-order valence-corrected chi connectivity index (χ2v) is 6.67. The van der Waals surface area contributed by atoms with Crippen LogP contribution in [0.25, 0.3) is 5.70 Å². The van der Waals surface area contributed by atoms with E-state index in [4.69, 9.17) is 17.2 Å². The molecular weight excluding hydrogens is 346 g/mol. The molecule has 2 rings (SSSR count). The highest BCUT2D eigenvalue weighted by molar-refractivity contribution is 5.75. The maximum Gasteiger partial charge on any atom is 0.0434 e. The van der Waals surface area contributed by atoms with Crippen LogP contribution < -0.4 is 27.8 Å². The molecule has 2 aromatic rings. The van der Waals surface area contributed by atoms with Gasteiger partial charge in [0.2, 0.25) is 0 Å². The Labute approximate surface area is 168 Å². The third-order valence-electron chi connectivity index (χ3n) is 4.23. The summed E-state index contributed by atoms with van der Waals surface area (Å²) in [6, 6.07) is 15.6. The topological polar surface area (TPSA) is 102 Å². The summed E-state index contributed by atoms with van der Waals surface area (Å²) >= 11 is 0. The molecule has 1 atom stereocenters. The minimum absolute atomic E-state index is 0.177. The lowest BCUT2D eigenvalue weighted by Gasteiger charge is -2.17. The van der Waals surface area contributed by atoms with Crippen molar-refractivity contribution in [2.24, 2.45) is 11.5 Å². The fourth-order valence-corrected chi connectivity index (χ4v) is 2.86. The largest absolute Gasteiger partial charge is 0.405 e. The van der Waals surface area contributed by atoms with Crippen LogP contribution in [0.3, 0.4) is 0 Å². The van der Waals surface area contributed by atoms with Crippen molar-refractivity contribution in [1.82, 2.24) is 5.32 Å². The van der Waals surface area contributed by atoms with E-state index in [1.807, 2.05) is 54.6 Å². The van der Waals surface area contributed by atoms with Crippen LogP contribution in [0.1, 0.15) is 24.5 Å². The van der Waals surface area contributed by atoms with E-state index in [9.17, 15) is 0 Å². The van der Waals surface area contributed by atoms with Gasteiger partial charge >= 0.3 is 0 Å². The van der Waals surface area contributed by atoms with E-state index >= 15 is 0 Å². The van der Waals surface area contributed by atoms with Crippen molar-refractivity contribution in [2.75, 3.05) is 17.6 Å². The lowest BCUT2D eigenvalue weighted by Crippen LogP contribution is -2.23. The molecule has 0 aliphatic rings. The lowest BCUT2D eigenvalue weighted by molar-refractivity contribution is 0.799. The third-order valence-corrected chi connectivity index (χ3v) is 4.23. The Morgan fingerprint density at radius 1 is 1.14 bits per heavy atom. The molecular formula is C23H31N5. The second-order valence-electron chi connectivity index (χ2n) is 6.67. The van der Waals surface area contributed by atoms with Gasteiger partial charge in [0.1, 0.15) is 0 Å². The number of rotatable bonds is 10. The average Bonchev–Trinajstić information content (AvgIpc) is 2.68. The van der Waals surface area contributed by atoms with E-state index in [1.165, 1.54) is 6.20 Å². The fourth-order valence-electron chi connectivity index (χ4n) is 2.86. The minimum Gasteiger partial charge on any atom is -0.405 e. The van der Waals surface area contributed by atoms with Crippen LogP contribution in [0.4, 0.5) is 11.4 Å². The zero-order valence-corrected chi connectivity index (χ0v) is 16.5. The molecule has 0 aliphatic carbocycles. The van der Waals surface area contributed by atoms with Gasteiger partial charge in [0.25, 0.3) is 0 Å². The van der Waals surface area contributed by atoms with Crippen LogP contribution in [0, 0.1) is 0 Å². The highest BCUT2D eigenvalue weighted by atomic mass is 14.9. The summed E-state index contributed by atoms with van der Waals surface area (Å²) in [5.41, 5.74) is 23.2. The van der Waals surface area contributed by atoms with Gasteiger partial charge in [-0.3, -0.25) is 0 Å². The molecule has 0 fully saturated rings. The molecule has 2 aromatic carbocycles. The van der Waals surface area contributed by atoms with E-state index in [1.54, 1.807) is 6.08 Å². The number of nitrogen functional groups attached to an aromatic ring is 1. The van der Waals surface area contributed by atoms with Gasteiger partial charge in [-0.2, -0.15) is 0 Å². The highest BCUT2D eigenvalue weighted by Crippen LogP contribution is 2.22. The first-order chi connectivity index (χ1) is 13.5. The second kappa shape index (κ2) is 10.8. The molecule has 0 spiro atoms. The fraction of sp³-hybridized carbons (Fsp3) is 0.217. The molecule has 0 aromatic heterocycles. The molecule has 28 heavy (non-hydrogen) atoms. The predicted octanol–water partition coefficient (Wildman–Crippen LogP) is 3.58. The maximum absolute atomic E-state index is 6.32. The Bertz CT molecular complexity index is 821. The molecule has 0 saturated heterocycles. The molecule has 0 amide bonds. The van der Waals surface area contributed by atoms with E-state index < -0.39 is 0 Å². The predicted molar refractivity (Wildman–Crippen MR) is 121 cm³/mol. The van der Waals surface area contributed by atoms with Crippen LogP contribution >= 0.6 is 0 Å². The van der Waals surface area contributed by atoms with Crippen molar-refractivity contribution in [3.63, 3.8) is 0 Å². The van der Waals surface area contributed by atoms with E-state index in [0.29, 0.717) is 6.42 Å². The molecule has 0 aliphatic heterocycles. The number of hydrogen-bond acceptors (Lipinski definition) is 5. The standard InChI is InChI=1S/C23H31N5/c1-3-14-27-23-7-5-4-6-22(23)17(2)28-21(12-13-24)16-20(26)15-18-8-10-19(25)11-9-18/h4-13,16,20,27-28H,2-3,14-15,24-26H2,1H3/b13-12-,21-16+. The van der Waals surface area contributed by atoms with Crippen LogP contribution in [0.2, 0.25) is 0 Å². The zero-order valence-electron chi connectivity index (χ0n) is 16.5. The van der Waals surface area contributed by atoms with Gasteiger partial charge in [-0.1, -0.05) is 43.8 Å². The van der Waals surface area contributed by atoms with E-state index in [-0.39, 0.29) is 6.04 Å². The summed E-state index contributed by atoms with van der Waals surface area (Å²) in [5.74, 6) is 0. The summed E-state index contributed by atoms with van der Waals surface area (Å²) < 4.78 is 0. The van der Waals surface area contributed by atoms with Crippen molar-refractivity contribution >= 4 is 17.1 Å². The number of nitrogens with two attached hydrogens (primary N) is 3. The molecule has 1 unspecified atom stereocenters. The monoisotopic (exact) mass is 377 g/mol. The van der Waals surface area contributed by atoms with Crippen molar-refractivity contribution in [1.29, 1.82) is 0 Å². The van der Waals surface area contributed by atoms with Gasteiger partial charge in [0.05, 0.1) is 0 Å². The number of nitrogens with one attached hydrogen (secondary N) is 2. The highest BCUT2D eigenvalue weighted by Gasteiger charge is 2.08. The summed E-state index contributed by atoms with van der Waals surface area (Å²) in [7, 11) is 0. The number of hydrogen-bond donors (Lipinski definition) is 5. The van der Waals surface area contributed by atoms with Crippen molar-refractivity contribution in [2.45, 2.75) is 25.8 Å². The Hall–Kier alpha value is -3.18. The SMILES string of the molecule is C=C(NC(/C=C\N)=C/C(N)Cc1ccc(N)cc1)c1ccccc1NCCC. The van der Waals surface area contributed by atoms with Gasteiger partial charge in [-0.05, 0) is 55.0 Å². The molecule has 8 N–H and O–H groups in total. The van der Waals surface area contributed by atoms with Crippen LogP contribution in [-0.4, -0.2) is 12.6 Å². The number of para-hydroxylation sites is 1.